The molecule has 1 saturated heterocycles. The lowest BCUT2D eigenvalue weighted by Gasteiger charge is -2.32. The molecule has 0 bridgehead atoms. The maximum Gasteiger partial charge on any atom is 0.235 e. The summed E-state index contributed by atoms with van der Waals surface area (Å²) in [5.74, 6) is 0.442. The largest absolute Gasteiger partial charge is 0.360 e. The third kappa shape index (κ3) is 3.78. The van der Waals surface area contributed by atoms with E-state index < -0.39 is 0 Å². The summed E-state index contributed by atoms with van der Waals surface area (Å²) >= 11 is 0. The number of aromatic nitrogens is 1. The Morgan fingerprint density at radius 3 is 2.63 bits per heavy atom. The van der Waals surface area contributed by atoms with E-state index >= 15 is 0 Å². The molecule has 0 spiro atoms. The molecule has 104 valence electrons. The molecule has 2 amide bonds. The lowest BCUT2D eigenvalue weighted by atomic mass is 10.3. The number of aryl methyl sites for hydroxylation is 1. The third-order valence-corrected chi connectivity index (χ3v) is 3.06. The van der Waals surface area contributed by atoms with Crippen LogP contribution in [0.15, 0.2) is 10.6 Å². The summed E-state index contributed by atoms with van der Waals surface area (Å²) in [5, 5.41) is 6.19. The van der Waals surface area contributed by atoms with Crippen LogP contribution in [0, 0.1) is 6.92 Å². The van der Waals surface area contributed by atoms with Crippen LogP contribution < -0.4 is 5.32 Å². The van der Waals surface area contributed by atoms with Crippen LogP contribution in [0.25, 0.3) is 0 Å². The van der Waals surface area contributed by atoms with Crippen LogP contribution in [0.3, 0.4) is 0 Å². The highest BCUT2D eigenvalue weighted by Crippen LogP contribution is 2.08. The lowest BCUT2D eigenvalue weighted by Crippen LogP contribution is -2.47. The number of likely N-dealkylation sites (N-methyl/N-ethyl adjacent to an activating group) is 1. The summed E-state index contributed by atoms with van der Waals surface area (Å²) in [6.07, 6.45) is -0.157. The average molecular weight is 266 g/mol. The van der Waals surface area contributed by atoms with Crippen molar-refractivity contribution >= 4 is 17.6 Å². The summed E-state index contributed by atoms with van der Waals surface area (Å²) in [6.45, 7) is 4.76. The van der Waals surface area contributed by atoms with Gasteiger partial charge in [0, 0.05) is 32.2 Å². The molecule has 0 unspecified atom stereocenters. The maximum absolute atomic E-state index is 11.9. The second-order valence-corrected chi connectivity index (χ2v) is 4.73. The van der Waals surface area contributed by atoms with Crippen molar-refractivity contribution in [2.24, 2.45) is 0 Å². The van der Waals surface area contributed by atoms with E-state index in [9.17, 15) is 9.59 Å². The summed E-state index contributed by atoms with van der Waals surface area (Å²) < 4.78 is 4.83. The molecule has 0 aliphatic carbocycles. The lowest BCUT2D eigenvalue weighted by molar-refractivity contribution is -0.135. The van der Waals surface area contributed by atoms with Crippen LogP contribution in [0.1, 0.15) is 12.2 Å². The van der Waals surface area contributed by atoms with E-state index in [1.807, 2.05) is 7.05 Å². The minimum Gasteiger partial charge on any atom is -0.360 e. The summed E-state index contributed by atoms with van der Waals surface area (Å²) in [4.78, 5) is 27.5. The Bertz CT molecular complexity index is 463. The van der Waals surface area contributed by atoms with Crippen molar-refractivity contribution in [3.05, 3.63) is 11.8 Å². The Balaban J connectivity index is 1.80. The van der Waals surface area contributed by atoms with Gasteiger partial charge in [-0.05, 0) is 14.0 Å². The Hall–Kier alpha value is -1.89. The number of nitrogens with one attached hydrogen (secondary N) is 1. The third-order valence-electron chi connectivity index (χ3n) is 3.06. The zero-order valence-electron chi connectivity index (χ0n) is 11.2. The van der Waals surface area contributed by atoms with Crippen LogP contribution >= 0.6 is 0 Å². The number of carbonyl (C=O) groups is 2. The minimum absolute atomic E-state index is 0.147. The van der Waals surface area contributed by atoms with E-state index in [1.165, 1.54) is 0 Å². The molecular formula is C12H18N4O3. The number of carbonyl (C=O) groups excluding carboxylic acids is 2. The van der Waals surface area contributed by atoms with Crippen molar-refractivity contribution in [3.8, 4) is 0 Å². The average Bonchev–Trinajstić information content (AvgIpc) is 2.75. The quantitative estimate of drug-likeness (QED) is 0.784. The number of rotatable bonds is 3. The van der Waals surface area contributed by atoms with Gasteiger partial charge < -0.3 is 19.6 Å². The smallest absolute Gasteiger partial charge is 0.235 e. The first-order chi connectivity index (χ1) is 9.04. The van der Waals surface area contributed by atoms with Gasteiger partial charge in [0.2, 0.25) is 11.8 Å². The van der Waals surface area contributed by atoms with Gasteiger partial charge in [0.1, 0.15) is 12.2 Å². The maximum atomic E-state index is 11.9. The van der Waals surface area contributed by atoms with Crippen LogP contribution in [0.2, 0.25) is 0 Å². The SMILES string of the molecule is Cc1cc(NC(=O)CC(=O)N2CCN(C)CC2)no1. The predicted octanol–water partition coefficient (Wildman–Crippen LogP) is 0.0856. The van der Waals surface area contributed by atoms with E-state index in [0.717, 1.165) is 13.1 Å². The molecule has 1 fully saturated rings. The van der Waals surface area contributed by atoms with E-state index in [2.05, 4.69) is 15.4 Å². The molecule has 1 N–H and O–H groups in total. The molecular weight excluding hydrogens is 248 g/mol. The monoisotopic (exact) mass is 266 g/mol. The van der Waals surface area contributed by atoms with Gasteiger partial charge in [0.15, 0.2) is 5.82 Å². The van der Waals surface area contributed by atoms with Gasteiger partial charge in [-0.25, -0.2) is 0 Å². The zero-order valence-corrected chi connectivity index (χ0v) is 11.2. The summed E-state index contributed by atoms with van der Waals surface area (Å²) in [6, 6.07) is 1.61. The highest BCUT2D eigenvalue weighted by molar-refractivity contribution is 6.03. The van der Waals surface area contributed by atoms with E-state index in [1.54, 1.807) is 17.9 Å². The molecule has 7 nitrogen and oxygen atoms in total. The van der Waals surface area contributed by atoms with Crippen LogP contribution in [0.4, 0.5) is 5.82 Å². The van der Waals surface area contributed by atoms with E-state index in [4.69, 9.17) is 4.52 Å². The number of hydrogen-bond acceptors (Lipinski definition) is 5. The number of nitrogens with zero attached hydrogens (tertiary/aromatic N) is 3. The van der Waals surface area contributed by atoms with Crippen LogP contribution in [-0.4, -0.2) is 60.0 Å². The van der Waals surface area contributed by atoms with Crippen molar-refractivity contribution in [2.75, 3.05) is 38.5 Å². The van der Waals surface area contributed by atoms with Gasteiger partial charge in [0.25, 0.3) is 0 Å². The number of piperazine rings is 1. The van der Waals surface area contributed by atoms with Gasteiger partial charge in [-0.2, -0.15) is 0 Å². The minimum atomic E-state index is -0.364. The molecule has 2 heterocycles. The van der Waals surface area contributed by atoms with Gasteiger partial charge in [-0.3, -0.25) is 9.59 Å². The fourth-order valence-corrected chi connectivity index (χ4v) is 1.92. The van der Waals surface area contributed by atoms with Crippen molar-refractivity contribution in [2.45, 2.75) is 13.3 Å². The van der Waals surface area contributed by atoms with Gasteiger partial charge >= 0.3 is 0 Å². The van der Waals surface area contributed by atoms with Gasteiger partial charge in [0.05, 0.1) is 0 Å². The molecule has 1 aromatic rings. The highest BCUT2D eigenvalue weighted by atomic mass is 16.5. The van der Waals surface area contributed by atoms with E-state index in [0.29, 0.717) is 24.7 Å². The van der Waals surface area contributed by atoms with Crippen LogP contribution in [-0.2, 0) is 9.59 Å². The summed E-state index contributed by atoms with van der Waals surface area (Å²) in [5.41, 5.74) is 0. The molecule has 1 aliphatic rings. The molecule has 0 aromatic carbocycles. The van der Waals surface area contributed by atoms with Crippen LogP contribution in [0.5, 0.6) is 0 Å². The predicted molar refractivity (Wildman–Crippen MR) is 68.6 cm³/mol. The van der Waals surface area contributed by atoms with E-state index in [-0.39, 0.29) is 18.2 Å². The topological polar surface area (TPSA) is 78.7 Å². The van der Waals surface area contributed by atoms with Crippen molar-refractivity contribution < 1.29 is 14.1 Å². The Kier molecular flexibility index (Phi) is 4.16. The number of amides is 2. The Morgan fingerprint density at radius 1 is 1.37 bits per heavy atom. The van der Waals surface area contributed by atoms with Gasteiger partial charge in [-0.1, -0.05) is 5.16 Å². The molecule has 0 saturated carbocycles. The zero-order chi connectivity index (χ0) is 13.8. The second-order valence-electron chi connectivity index (χ2n) is 4.73. The number of anilines is 1. The first-order valence-corrected chi connectivity index (χ1v) is 6.24. The molecule has 7 heteroatoms. The highest BCUT2D eigenvalue weighted by Gasteiger charge is 2.21. The standard InChI is InChI=1S/C12H18N4O3/c1-9-7-10(14-19-9)13-11(17)8-12(18)16-5-3-15(2)4-6-16/h7H,3-6,8H2,1-2H3,(H,13,14,17). The Labute approximate surface area is 111 Å². The second kappa shape index (κ2) is 5.83. The van der Waals surface area contributed by atoms with Crippen molar-refractivity contribution in [1.29, 1.82) is 0 Å². The van der Waals surface area contributed by atoms with Crippen molar-refractivity contribution in [3.63, 3.8) is 0 Å². The molecule has 0 atom stereocenters. The van der Waals surface area contributed by atoms with Crippen molar-refractivity contribution in [1.82, 2.24) is 15.0 Å². The molecule has 19 heavy (non-hydrogen) atoms. The fraction of sp³-hybridized carbons (Fsp3) is 0.583. The first-order valence-electron chi connectivity index (χ1n) is 6.24. The summed E-state index contributed by atoms with van der Waals surface area (Å²) in [7, 11) is 2.02. The van der Waals surface area contributed by atoms with Gasteiger partial charge in [-0.15, -0.1) is 0 Å². The normalized spacial score (nSPS) is 16.4. The molecule has 1 aromatic heterocycles. The fourth-order valence-electron chi connectivity index (χ4n) is 1.92. The molecule has 1 aliphatic heterocycles. The molecule has 0 radical (unpaired) electrons. The molecule has 2 rings (SSSR count). The Morgan fingerprint density at radius 2 is 2.05 bits per heavy atom. The first kappa shape index (κ1) is 13.5. The number of hydrogen-bond donors (Lipinski definition) is 1.